The van der Waals surface area contributed by atoms with Gasteiger partial charge in [0.1, 0.15) is 5.82 Å². The summed E-state index contributed by atoms with van der Waals surface area (Å²) in [6.45, 7) is 6.24. The molecule has 2 aromatic rings. The van der Waals surface area contributed by atoms with E-state index in [1.807, 2.05) is 7.05 Å². The Kier molecular flexibility index (Phi) is 3.25. The molecule has 0 aliphatic carbocycles. The number of rotatable bonds is 4. The minimum atomic E-state index is 0.975. The average molecular weight is 217 g/mol. The van der Waals surface area contributed by atoms with Crippen molar-refractivity contribution in [2.75, 3.05) is 13.6 Å². The van der Waals surface area contributed by atoms with E-state index >= 15 is 0 Å². The third-order valence-electron chi connectivity index (χ3n) is 2.90. The fourth-order valence-corrected chi connectivity index (χ4v) is 2.07. The molecule has 0 unspecified atom stereocenters. The molecule has 0 bridgehead atoms. The van der Waals surface area contributed by atoms with Gasteiger partial charge in [-0.3, -0.25) is 0 Å². The van der Waals surface area contributed by atoms with E-state index in [2.05, 4.69) is 41.9 Å². The van der Waals surface area contributed by atoms with Crippen LogP contribution in [0.15, 0.2) is 18.2 Å². The fourth-order valence-electron chi connectivity index (χ4n) is 2.07. The maximum atomic E-state index is 4.70. The summed E-state index contributed by atoms with van der Waals surface area (Å²) in [5.41, 5.74) is 3.64. The van der Waals surface area contributed by atoms with Crippen molar-refractivity contribution in [3.05, 3.63) is 29.6 Å². The molecule has 0 aliphatic heterocycles. The number of nitrogens with one attached hydrogen (secondary N) is 1. The number of aromatic nitrogens is 2. The van der Waals surface area contributed by atoms with Gasteiger partial charge in [-0.05, 0) is 38.6 Å². The van der Waals surface area contributed by atoms with Crippen molar-refractivity contribution in [1.82, 2.24) is 14.9 Å². The van der Waals surface area contributed by atoms with Gasteiger partial charge in [-0.15, -0.1) is 0 Å². The zero-order valence-corrected chi connectivity index (χ0v) is 10.2. The zero-order valence-electron chi connectivity index (χ0n) is 10.2. The lowest BCUT2D eigenvalue weighted by molar-refractivity contribution is 0.681. The van der Waals surface area contributed by atoms with Crippen molar-refractivity contribution >= 4 is 11.0 Å². The number of hydrogen-bond acceptors (Lipinski definition) is 2. The monoisotopic (exact) mass is 217 g/mol. The molecular weight excluding hydrogens is 198 g/mol. The first kappa shape index (κ1) is 11.1. The predicted molar refractivity (Wildman–Crippen MR) is 67.8 cm³/mol. The minimum Gasteiger partial charge on any atom is -0.328 e. The summed E-state index contributed by atoms with van der Waals surface area (Å²) < 4.78 is 2.30. The first-order valence-corrected chi connectivity index (χ1v) is 5.86. The molecule has 3 nitrogen and oxygen atoms in total. The lowest BCUT2D eigenvalue weighted by Crippen LogP contribution is -2.13. The number of likely N-dealkylation sites (N-methyl/N-ethyl adjacent to an activating group) is 1. The van der Waals surface area contributed by atoms with Crippen LogP contribution >= 0.6 is 0 Å². The first-order valence-electron chi connectivity index (χ1n) is 5.86. The van der Waals surface area contributed by atoms with Crippen LogP contribution in [0.25, 0.3) is 11.0 Å². The van der Waals surface area contributed by atoms with Crippen LogP contribution in [0.5, 0.6) is 0 Å². The SMILES string of the molecule is CCn1c(CCNC)nc2cc(C)ccc21. The molecule has 0 aliphatic rings. The van der Waals surface area contributed by atoms with Crippen LogP contribution in [-0.4, -0.2) is 23.1 Å². The van der Waals surface area contributed by atoms with Crippen LogP contribution in [0.1, 0.15) is 18.3 Å². The summed E-state index contributed by atoms with van der Waals surface area (Å²) in [6.07, 6.45) is 0.984. The number of hydrogen-bond donors (Lipinski definition) is 1. The average Bonchev–Trinajstić information content (AvgIpc) is 2.62. The van der Waals surface area contributed by atoms with Gasteiger partial charge in [0.2, 0.25) is 0 Å². The highest BCUT2D eigenvalue weighted by Crippen LogP contribution is 2.17. The van der Waals surface area contributed by atoms with E-state index in [0.717, 1.165) is 25.0 Å². The molecule has 0 fully saturated rings. The van der Waals surface area contributed by atoms with E-state index in [1.54, 1.807) is 0 Å². The van der Waals surface area contributed by atoms with Crippen LogP contribution in [0.3, 0.4) is 0 Å². The summed E-state index contributed by atoms with van der Waals surface area (Å²) in [7, 11) is 1.98. The largest absolute Gasteiger partial charge is 0.328 e. The lowest BCUT2D eigenvalue weighted by atomic mass is 10.2. The molecule has 0 saturated heterocycles. The third kappa shape index (κ3) is 1.95. The molecule has 86 valence electrons. The highest BCUT2D eigenvalue weighted by Gasteiger charge is 2.08. The maximum Gasteiger partial charge on any atom is 0.111 e. The molecule has 1 N–H and O–H groups in total. The fraction of sp³-hybridized carbons (Fsp3) is 0.462. The molecule has 2 rings (SSSR count). The number of benzene rings is 1. The molecule has 1 aromatic heterocycles. The van der Waals surface area contributed by atoms with E-state index in [1.165, 1.54) is 16.9 Å². The Labute approximate surface area is 96.5 Å². The molecule has 1 heterocycles. The Balaban J connectivity index is 2.48. The van der Waals surface area contributed by atoms with E-state index in [4.69, 9.17) is 4.98 Å². The molecule has 1 aromatic carbocycles. The van der Waals surface area contributed by atoms with E-state index in [0.29, 0.717) is 0 Å². The molecule has 3 heteroatoms. The van der Waals surface area contributed by atoms with Crippen molar-refractivity contribution in [3.8, 4) is 0 Å². The van der Waals surface area contributed by atoms with E-state index in [9.17, 15) is 0 Å². The van der Waals surface area contributed by atoms with Crippen molar-refractivity contribution in [1.29, 1.82) is 0 Å². The highest BCUT2D eigenvalue weighted by molar-refractivity contribution is 5.76. The Morgan fingerprint density at radius 3 is 2.88 bits per heavy atom. The van der Waals surface area contributed by atoms with Gasteiger partial charge in [0, 0.05) is 19.5 Å². The van der Waals surface area contributed by atoms with Gasteiger partial charge < -0.3 is 9.88 Å². The minimum absolute atomic E-state index is 0.975. The maximum absolute atomic E-state index is 4.70. The lowest BCUT2D eigenvalue weighted by Gasteiger charge is -2.05. The zero-order chi connectivity index (χ0) is 11.5. The first-order chi connectivity index (χ1) is 7.76. The summed E-state index contributed by atoms with van der Waals surface area (Å²) >= 11 is 0. The second kappa shape index (κ2) is 4.66. The standard InChI is InChI=1S/C13H19N3/c1-4-16-12-6-5-10(2)9-11(12)15-13(16)7-8-14-3/h5-6,9,14H,4,7-8H2,1-3H3. The smallest absolute Gasteiger partial charge is 0.111 e. The molecule has 0 atom stereocenters. The molecule has 0 amide bonds. The number of imidazole rings is 1. The Morgan fingerprint density at radius 2 is 2.19 bits per heavy atom. The highest BCUT2D eigenvalue weighted by atomic mass is 15.1. The molecule has 0 radical (unpaired) electrons. The Morgan fingerprint density at radius 1 is 1.38 bits per heavy atom. The van der Waals surface area contributed by atoms with Crippen molar-refractivity contribution in [2.24, 2.45) is 0 Å². The van der Waals surface area contributed by atoms with Gasteiger partial charge in [0.05, 0.1) is 11.0 Å². The Bertz CT molecular complexity index is 485. The number of aryl methyl sites for hydroxylation is 2. The van der Waals surface area contributed by atoms with E-state index in [-0.39, 0.29) is 0 Å². The van der Waals surface area contributed by atoms with Gasteiger partial charge in [0.15, 0.2) is 0 Å². The molecular formula is C13H19N3. The van der Waals surface area contributed by atoms with Crippen LogP contribution in [0.2, 0.25) is 0 Å². The quantitative estimate of drug-likeness (QED) is 0.850. The van der Waals surface area contributed by atoms with Crippen LogP contribution in [0, 0.1) is 6.92 Å². The molecule has 0 spiro atoms. The van der Waals surface area contributed by atoms with Crippen molar-refractivity contribution < 1.29 is 0 Å². The predicted octanol–water partition coefficient (Wildman–Crippen LogP) is 2.13. The van der Waals surface area contributed by atoms with Gasteiger partial charge >= 0.3 is 0 Å². The second-order valence-electron chi connectivity index (χ2n) is 4.12. The summed E-state index contributed by atoms with van der Waals surface area (Å²) in [4.78, 5) is 4.70. The van der Waals surface area contributed by atoms with Gasteiger partial charge in [-0.25, -0.2) is 4.98 Å². The third-order valence-corrected chi connectivity index (χ3v) is 2.90. The van der Waals surface area contributed by atoms with Gasteiger partial charge in [-0.2, -0.15) is 0 Å². The van der Waals surface area contributed by atoms with Crippen LogP contribution in [-0.2, 0) is 13.0 Å². The molecule has 16 heavy (non-hydrogen) atoms. The normalized spacial score (nSPS) is 11.2. The summed E-state index contributed by atoms with van der Waals surface area (Å²) in [6, 6.07) is 6.48. The summed E-state index contributed by atoms with van der Waals surface area (Å²) in [5, 5.41) is 3.17. The Hall–Kier alpha value is -1.35. The van der Waals surface area contributed by atoms with Gasteiger partial charge in [-0.1, -0.05) is 6.07 Å². The number of fused-ring (bicyclic) bond motifs is 1. The van der Waals surface area contributed by atoms with Crippen molar-refractivity contribution in [2.45, 2.75) is 26.8 Å². The molecule has 0 saturated carbocycles. The van der Waals surface area contributed by atoms with Crippen LogP contribution < -0.4 is 5.32 Å². The van der Waals surface area contributed by atoms with E-state index < -0.39 is 0 Å². The van der Waals surface area contributed by atoms with Gasteiger partial charge in [0.25, 0.3) is 0 Å². The van der Waals surface area contributed by atoms with Crippen LogP contribution in [0.4, 0.5) is 0 Å². The second-order valence-corrected chi connectivity index (χ2v) is 4.12. The van der Waals surface area contributed by atoms with Crippen molar-refractivity contribution in [3.63, 3.8) is 0 Å². The topological polar surface area (TPSA) is 29.9 Å². The summed E-state index contributed by atoms with van der Waals surface area (Å²) in [5.74, 6) is 1.18. The number of nitrogens with zero attached hydrogens (tertiary/aromatic N) is 2.